The Morgan fingerprint density at radius 3 is 2.50 bits per heavy atom. The summed E-state index contributed by atoms with van der Waals surface area (Å²) in [5.41, 5.74) is 0.617. The molecule has 3 rings (SSSR count). The highest BCUT2D eigenvalue weighted by atomic mass is 19.1. The lowest BCUT2D eigenvalue weighted by Gasteiger charge is -2.06. The van der Waals surface area contributed by atoms with Crippen LogP contribution in [0.4, 0.5) is 13.2 Å². The number of Topliss-reactive ketones (excluding diaryl/α,β-unsaturated/α-hetero) is 1. The number of aromatic nitrogens is 3. The van der Waals surface area contributed by atoms with Crippen molar-refractivity contribution in [3.63, 3.8) is 0 Å². The largest absolute Gasteiger partial charge is 0.294 e. The van der Waals surface area contributed by atoms with Gasteiger partial charge in [0.1, 0.15) is 17.5 Å². The van der Waals surface area contributed by atoms with Crippen LogP contribution in [0.5, 0.6) is 0 Å². The summed E-state index contributed by atoms with van der Waals surface area (Å²) in [6, 6.07) is 6.92. The highest BCUT2D eigenvalue weighted by molar-refractivity contribution is 5.95. The minimum atomic E-state index is -0.822. The second-order valence-electron chi connectivity index (χ2n) is 5.04. The number of ketones is 1. The van der Waals surface area contributed by atoms with Crippen LogP contribution in [0.2, 0.25) is 0 Å². The maximum atomic E-state index is 13.9. The molecular formula is C17H10F3N3O. The molecule has 0 unspecified atom stereocenters. The van der Waals surface area contributed by atoms with Gasteiger partial charge in [-0.05, 0) is 37.3 Å². The molecule has 0 saturated carbocycles. The van der Waals surface area contributed by atoms with Crippen LogP contribution in [0.1, 0.15) is 17.3 Å². The first-order chi connectivity index (χ1) is 11.5. The molecular weight excluding hydrogens is 319 g/mol. The van der Waals surface area contributed by atoms with Gasteiger partial charge in [-0.15, -0.1) is 5.10 Å². The molecule has 0 aliphatic carbocycles. The molecule has 1 heterocycles. The van der Waals surface area contributed by atoms with E-state index >= 15 is 0 Å². The van der Waals surface area contributed by atoms with Crippen molar-refractivity contribution in [3.05, 3.63) is 65.6 Å². The Morgan fingerprint density at radius 2 is 1.79 bits per heavy atom. The zero-order chi connectivity index (χ0) is 17.3. The molecule has 0 amide bonds. The van der Waals surface area contributed by atoms with E-state index in [1.165, 1.54) is 31.3 Å². The van der Waals surface area contributed by atoms with Gasteiger partial charge in [-0.2, -0.15) is 5.10 Å². The van der Waals surface area contributed by atoms with Crippen LogP contribution in [0.15, 0.2) is 42.6 Å². The Labute approximate surface area is 135 Å². The van der Waals surface area contributed by atoms with E-state index < -0.39 is 23.2 Å². The van der Waals surface area contributed by atoms with Crippen molar-refractivity contribution < 1.29 is 18.0 Å². The molecule has 0 aliphatic rings. The molecule has 0 saturated heterocycles. The topological polar surface area (TPSA) is 55.7 Å². The zero-order valence-electron chi connectivity index (χ0n) is 12.4. The second kappa shape index (κ2) is 6.19. The number of nitrogens with zero attached hydrogens (tertiary/aromatic N) is 3. The van der Waals surface area contributed by atoms with Crippen molar-refractivity contribution in [1.29, 1.82) is 0 Å². The van der Waals surface area contributed by atoms with Crippen molar-refractivity contribution >= 4 is 5.78 Å². The summed E-state index contributed by atoms with van der Waals surface area (Å²) in [4.78, 5) is 15.6. The molecule has 0 aliphatic heterocycles. The van der Waals surface area contributed by atoms with Crippen LogP contribution in [-0.4, -0.2) is 21.0 Å². The van der Waals surface area contributed by atoms with Gasteiger partial charge in [-0.3, -0.25) is 4.79 Å². The highest BCUT2D eigenvalue weighted by Crippen LogP contribution is 2.24. The fraction of sp³-hybridized carbons (Fsp3) is 0.0588. The summed E-state index contributed by atoms with van der Waals surface area (Å²) < 4.78 is 40.5. The Hall–Kier alpha value is -3.09. The summed E-state index contributed by atoms with van der Waals surface area (Å²) in [6.07, 6.45) is 1.31. The molecule has 1 aromatic heterocycles. The maximum absolute atomic E-state index is 13.9. The third kappa shape index (κ3) is 3.01. The number of carbonyl (C=O) groups is 1. The Balaban J connectivity index is 2.08. The molecule has 7 heteroatoms. The van der Waals surface area contributed by atoms with Crippen LogP contribution in [0, 0.1) is 17.5 Å². The lowest BCUT2D eigenvalue weighted by molar-refractivity contribution is 0.101. The normalized spacial score (nSPS) is 10.7. The first-order valence-electron chi connectivity index (χ1n) is 6.91. The van der Waals surface area contributed by atoms with E-state index in [4.69, 9.17) is 0 Å². The highest BCUT2D eigenvalue weighted by Gasteiger charge is 2.13. The molecule has 0 N–H and O–H groups in total. The summed E-state index contributed by atoms with van der Waals surface area (Å²) in [5, 5.41) is 7.48. The number of benzene rings is 2. The lowest BCUT2D eigenvalue weighted by Crippen LogP contribution is -2.00. The molecule has 2 aromatic carbocycles. The van der Waals surface area contributed by atoms with Gasteiger partial charge in [0.2, 0.25) is 0 Å². The number of halogens is 3. The summed E-state index contributed by atoms with van der Waals surface area (Å²) in [7, 11) is 0. The predicted octanol–water partition coefficient (Wildman–Crippen LogP) is 3.83. The molecule has 120 valence electrons. The molecule has 0 fully saturated rings. The lowest BCUT2D eigenvalue weighted by atomic mass is 10.1. The average Bonchev–Trinajstić information content (AvgIpc) is 2.55. The summed E-state index contributed by atoms with van der Waals surface area (Å²) >= 11 is 0. The minimum absolute atomic E-state index is 0.0142. The van der Waals surface area contributed by atoms with Gasteiger partial charge >= 0.3 is 0 Å². The second-order valence-corrected chi connectivity index (χ2v) is 5.04. The van der Waals surface area contributed by atoms with E-state index in [2.05, 4.69) is 15.2 Å². The number of rotatable bonds is 3. The Kier molecular flexibility index (Phi) is 4.07. The van der Waals surface area contributed by atoms with Crippen molar-refractivity contribution in [3.8, 4) is 22.6 Å². The molecule has 0 spiro atoms. The molecule has 0 bridgehead atoms. The Morgan fingerprint density at radius 1 is 1.00 bits per heavy atom. The standard InChI is InChI=1S/C17H10F3N3O/c1-9(24)13-6-10(2-5-14(13)19)16-8-21-23-17(22-16)12-4-3-11(18)7-15(12)20/h2-8H,1H3. The number of hydrogen-bond donors (Lipinski definition) is 0. The predicted molar refractivity (Wildman–Crippen MR) is 80.6 cm³/mol. The van der Waals surface area contributed by atoms with Crippen LogP contribution in [-0.2, 0) is 0 Å². The maximum Gasteiger partial charge on any atom is 0.185 e. The van der Waals surface area contributed by atoms with Crippen molar-refractivity contribution in [1.82, 2.24) is 15.2 Å². The van der Waals surface area contributed by atoms with Gasteiger partial charge in [0.25, 0.3) is 0 Å². The van der Waals surface area contributed by atoms with Crippen LogP contribution in [0.25, 0.3) is 22.6 Å². The molecule has 4 nitrogen and oxygen atoms in total. The quantitative estimate of drug-likeness (QED) is 0.685. The van der Waals surface area contributed by atoms with Crippen LogP contribution < -0.4 is 0 Å². The first kappa shape index (κ1) is 15.8. The summed E-state index contributed by atoms with van der Waals surface area (Å²) in [5.74, 6) is -2.65. The van der Waals surface area contributed by atoms with Gasteiger partial charge < -0.3 is 0 Å². The smallest absolute Gasteiger partial charge is 0.185 e. The zero-order valence-corrected chi connectivity index (χ0v) is 12.4. The van der Waals surface area contributed by atoms with Crippen LogP contribution in [0.3, 0.4) is 0 Å². The first-order valence-corrected chi connectivity index (χ1v) is 6.91. The number of carbonyl (C=O) groups excluding carboxylic acids is 1. The van der Waals surface area contributed by atoms with Crippen molar-refractivity contribution in [2.45, 2.75) is 6.92 Å². The van der Waals surface area contributed by atoms with E-state index in [-0.39, 0.29) is 22.6 Å². The molecule has 3 aromatic rings. The van der Waals surface area contributed by atoms with Gasteiger partial charge in [0, 0.05) is 11.6 Å². The third-order valence-electron chi connectivity index (χ3n) is 3.37. The van der Waals surface area contributed by atoms with E-state index in [9.17, 15) is 18.0 Å². The summed E-state index contributed by atoms with van der Waals surface area (Å²) in [6.45, 7) is 1.25. The fourth-order valence-corrected chi connectivity index (χ4v) is 2.18. The van der Waals surface area contributed by atoms with E-state index in [0.29, 0.717) is 5.56 Å². The van der Waals surface area contributed by atoms with Gasteiger partial charge in [-0.1, -0.05) is 0 Å². The average molecular weight is 329 g/mol. The van der Waals surface area contributed by atoms with Crippen molar-refractivity contribution in [2.75, 3.05) is 0 Å². The molecule has 24 heavy (non-hydrogen) atoms. The monoisotopic (exact) mass is 329 g/mol. The SMILES string of the molecule is CC(=O)c1cc(-c2cnnc(-c3ccc(F)cc3F)n2)ccc1F. The molecule has 0 radical (unpaired) electrons. The third-order valence-corrected chi connectivity index (χ3v) is 3.37. The van der Waals surface area contributed by atoms with E-state index in [0.717, 1.165) is 18.2 Å². The van der Waals surface area contributed by atoms with E-state index in [1.54, 1.807) is 0 Å². The van der Waals surface area contributed by atoms with Crippen LogP contribution >= 0.6 is 0 Å². The number of hydrogen-bond acceptors (Lipinski definition) is 4. The Bertz CT molecular complexity index is 944. The van der Waals surface area contributed by atoms with Gasteiger partial charge in [0.05, 0.1) is 23.0 Å². The van der Waals surface area contributed by atoms with Crippen molar-refractivity contribution in [2.24, 2.45) is 0 Å². The van der Waals surface area contributed by atoms with E-state index in [1.807, 2.05) is 0 Å². The van der Waals surface area contributed by atoms with Gasteiger partial charge in [-0.25, -0.2) is 18.2 Å². The molecule has 0 atom stereocenters. The fourth-order valence-electron chi connectivity index (χ4n) is 2.18. The minimum Gasteiger partial charge on any atom is -0.294 e. The van der Waals surface area contributed by atoms with Gasteiger partial charge in [0.15, 0.2) is 11.6 Å².